The van der Waals surface area contributed by atoms with Gasteiger partial charge in [-0.05, 0) is 62.6 Å². The van der Waals surface area contributed by atoms with E-state index in [0.717, 1.165) is 24.1 Å². The maximum atomic E-state index is 13.6. The topological polar surface area (TPSA) is 82.5 Å². The van der Waals surface area contributed by atoms with E-state index in [2.05, 4.69) is 10.4 Å². The lowest BCUT2D eigenvalue weighted by atomic mass is 9.75. The summed E-state index contributed by atoms with van der Waals surface area (Å²) in [7, 11) is 0. The van der Waals surface area contributed by atoms with Crippen LogP contribution in [0.5, 0.6) is 0 Å². The van der Waals surface area contributed by atoms with E-state index in [9.17, 15) is 27.2 Å². The van der Waals surface area contributed by atoms with Crippen molar-refractivity contribution in [2.45, 2.75) is 51.7 Å². The van der Waals surface area contributed by atoms with Crippen LogP contribution in [-0.4, -0.2) is 48.0 Å². The third kappa shape index (κ3) is 5.50. The molecule has 4 rings (SSSR count). The Labute approximate surface area is 199 Å². The summed E-state index contributed by atoms with van der Waals surface area (Å²) in [4.78, 5) is 25.1. The zero-order valence-corrected chi connectivity index (χ0v) is 19.3. The molecule has 1 amide bonds. The molecular weight excluding hydrogens is 470 g/mol. The average Bonchev–Trinajstić information content (AvgIpc) is 3.09. The quantitative estimate of drug-likeness (QED) is 0.372. The number of aryl methyl sites for hydroxylation is 2. The van der Waals surface area contributed by atoms with Gasteiger partial charge in [-0.2, -0.15) is 18.3 Å². The van der Waals surface area contributed by atoms with E-state index >= 15 is 0 Å². The van der Waals surface area contributed by atoms with Gasteiger partial charge in [0.1, 0.15) is 11.5 Å². The SMILES string of the molecule is CCn1nc(CCCOC(=O)c2cc(F)cc(C(F)(F)F)c2)c2c1C(=O)NCC1(CCOCC1)C2. The van der Waals surface area contributed by atoms with Crippen LogP contribution < -0.4 is 5.32 Å². The molecule has 1 saturated heterocycles. The highest BCUT2D eigenvalue weighted by molar-refractivity contribution is 5.94. The first-order valence-electron chi connectivity index (χ1n) is 11.6. The highest BCUT2D eigenvalue weighted by Crippen LogP contribution is 2.38. The lowest BCUT2D eigenvalue weighted by Gasteiger charge is -2.36. The van der Waals surface area contributed by atoms with Gasteiger partial charge in [0.25, 0.3) is 5.91 Å². The Morgan fingerprint density at radius 3 is 2.69 bits per heavy atom. The smallest absolute Gasteiger partial charge is 0.416 e. The fraction of sp³-hybridized carbons (Fsp3) is 0.542. The number of alkyl halides is 3. The van der Waals surface area contributed by atoms with Crippen LogP contribution >= 0.6 is 0 Å². The zero-order chi connectivity index (χ0) is 25.2. The van der Waals surface area contributed by atoms with Gasteiger partial charge in [0.2, 0.25) is 0 Å². The molecule has 2 aliphatic rings. The number of rotatable bonds is 6. The van der Waals surface area contributed by atoms with Gasteiger partial charge < -0.3 is 14.8 Å². The molecule has 190 valence electrons. The van der Waals surface area contributed by atoms with Crippen molar-refractivity contribution in [3.05, 3.63) is 52.1 Å². The first-order valence-corrected chi connectivity index (χ1v) is 11.6. The van der Waals surface area contributed by atoms with E-state index in [1.165, 1.54) is 0 Å². The Morgan fingerprint density at radius 1 is 1.26 bits per heavy atom. The number of aromatic nitrogens is 2. The largest absolute Gasteiger partial charge is 0.462 e. The summed E-state index contributed by atoms with van der Waals surface area (Å²) >= 11 is 0. The van der Waals surface area contributed by atoms with Gasteiger partial charge in [-0.1, -0.05) is 0 Å². The maximum Gasteiger partial charge on any atom is 0.416 e. The third-order valence-electron chi connectivity index (χ3n) is 6.63. The first-order chi connectivity index (χ1) is 16.6. The first kappa shape index (κ1) is 25.2. The lowest BCUT2D eigenvalue weighted by Crippen LogP contribution is -2.40. The minimum atomic E-state index is -4.78. The molecule has 0 bridgehead atoms. The average molecular weight is 497 g/mol. The molecule has 0 atom stereocenters. The van der Waals surface area contributed by atoms with E-state index in [0.29, 0.717) is 69.5 Å². The highest BCUT2D eigenvalue weighted by atomic mass is 19.4. The summed E-state index contributed by atoms with van der Waals surface area (Å²) < 4.78 is 64.6. The number of carbonyl (C=O) groups excluding carboxylic acids is 2. The van der Waals surface area contributed by atoms with E-state index < -0.39 is 29.1 Å². The fourth-order valence-corrected chi connectivity index (χ4v) is 4.72. The molecule has 3 heterocycles. The molecule has 2 aromatic rings. The number of carbonyl (C=O) groups is 2. The van der Waals surface area contributed by atoms with Crippen molar-refractivity contribution in [2.24, 2.45) is 5.41 Å². The number of hydrogen-bond donors (Lipinski definition) is 1. The van der Waals surface area contributed by atoms with Crippen molar-refractivity contribution in [3.63, 3.8) is 0 Å². The number of halogens is 4. The summed E-state index contributed by atoms with van der Waals surface area (Å²) in [6.45, 7) is 4.16. The molecule has 2 aliphatic heterocycles. The third-order valence-corrected chi connectivity index (χ3v) is 6.63. The maximum absolute atomic E-state index is 13.6. The van der Waals surface area contributed by atoms with E-state index in [1.54, 1.807) is 4.68 Å². The molecule has 0 unspecified atom stereocenters. The monoisotopic (exact) mass is 497 g/mol. The van der Waals surface area contributed by atoms with E-state index in [-0.39, 0.29) is 17.9 Å². The van der Waals surface area contributed by atoms with Crippen molar-refractivity contribution in [2.75, 3.05) is 26.4 Å². The van der Waals surface area contributed by atoms with Gasteiger partial charge in [-0.25, -0.2) is 9.18 Å². The zero-order valence-electron chi connectivity index (χ0n) is 19.3. The summed E-state index contributed by atoms with van der Waals surface area (Å²) in [5.74, 6) is -2.37. The molecule has 0 aliphatic carbocycles. The molecule has 1 aromatic heterocycles. The molecule has 11 heteroatoms. The molecule has 35 heavy (non-hydrogen) atoms. The number of nitrogens with one attached hydrogen (secondary N) is 1. The molecular formula is C24H27F4N3O4. The van der Waals surface area contributed by atoms with Crippen LogP contribution in [-0.2, 0) is 35.0 Å². The van der Waals surface area contributed by atoms with E-state index in [4.69, 9.17) is 9.47 Å². The van der Waals surface area contributed by atoms with Crippen LogP contribution in [0, 0.1) is 11.2 Å². The molecule has 1 aromatic carbocycles. The number of esters is 1. The lowest BCUT2D eigenvalue weighted by molar-refractivity contribution is -0.137. The number of hydrogen-bond acceptors (Lipinski definition) is 5. The van der Waals surface area contributed by atoms with Gasteiger partial charge >= 0.3 is 12.1 Å². The molecule has 1 N–H and O–H groups in total. The number of fused-ring (bicyclic) bond motifs is 1. The number of amides is 1. The summed E-state index contributed by atoms with van der Waals surface area (Å²) in [5.41, 5.74) is 0.315. The summed E-state index contributed by atoms with van der Waals surface area (Å²) in [6.07, 6.45) is -1.68. The molecule has 7 nitrogen and oxygen atoms in total. The molecule has 1 fully saturated rings. The standard InChI is InChI=1S/C24H27F4N3O4/c1-2-31-20-18(13-23(14-29-21(20)32)5-8-34-9-6-23)19(30-31)4-3-7-35-22(33)15-10-16(24(26,27)28)12-17(25)11-15/h10-12H,2-9,13-14H2,1H3,(H,29,32). The Hall–Kier alpha value is -2.95. The Kier molecular flexibility index (Phi) is 7.16. The Balaban J connectivity index is 1.44. The van der Waals surface area contributed by atoms with Gasteiger partial charge in [-0.15, -0.1) is 0 Å². The normalized spacial score (nSPS) is 17.6. The second-order valence-corrected chi connectivity index (χ2v) is 9.03. The second kappa shape index (κ2) is 9.96. The minimum Gasteiger partial charge on any atom is -0.462 e. The highest BCUT2D eigenvalue weighted by Gasteiger charge is 2.39. The van der Waals surface area contributed by atoms with Gasteiger partial charge in [-0.3, -0.25) is 9.48 Å². The van der Waals surface area contributed by atoms with Gasteiger partial charge in [0.05, 0.1) is 23.4 Å². The van der Waals surface area contributed by atoms with Crippen LogP contribution in [0.3, 0.4) is 0 Å². The fourth-order valence-electron chi connectivity index (χ4n) is 4.72. The number of benzene rings is 1. The second-order valence-electron chi connectivity index (χ2n) is 9.03. The summed E-state index contributed by atoms with van der Waals surface area (Å²) in [5, 5.41) is 7.65. The van der Waals surface area contributed by atoms with Crippen molar-refractivity contribution in [1.29, 1.82) is 0 Å². The predicted octanol–water partition coefficient (Wildman–Crippen LogP) is 3.93. The Morgan fingerprint density at radius 2 is 2.00 bits per heavy atom. The molecule has 1 spiro atoms. The van der Waals surface area contributed by atoms with E-state index in [1.807, 2.05) is 6.92 Å². The number of ether oxygens (including phenoxy) is 2. The van der Waals surface area contributed by atoms with Crippen LogP contribution in [0.1, 0.15) is 63.9 Å². The van der Waals surface area contributed by atoms with Crippen molar-refractivity contribution >= 4 is 11.9 Å². The van der Waals surface area contributed by atoms with Gasteiger partial charge in [0, 0.05) is 31.9 Å². The Bertz CT molecular complexity index is 1110. The predicted molar refractivity (Wildman–Crippen MR) is 116 cm³/mol. The van der Waals surface area contributed by atoms with Crippen LogP contribution in [0.15, 0.2) is 18.2 Å². The van der Waals surface area contributed by atoms with Crippen molar-refractivity contribution in [1.82, 2.24) is 15.1 Å². The van der Waals surface area contributed by atoms with Crippen LogP contribution in [0.2, 0.25) is 0 Å². The van der Waals surface area contributed by atoms with Crippen LogP contribution in [0.4, 0.5) is 17.6 Å². The molecule has 0 saturated carbocycles. The minimum absolute atomic E-state index is 0.0877. The van der Waals surface area contributed by atoms with Gasteiger partial charge in [0.15, 0.2) is 0 Å². The van der Waals surface area contributed by atoms with Crippen molar-refractivity contribution < 1.29 is 36.6 Å². The number of nitrogens with zero attached hydrogens (tertiary/aromatic N) is 2. The van der Waals surface area contributed by atoms with Crippen molar-refractivity contribution in [3.8, 4) is 0 Å². The van der Waals surface area contributed by atoms with Crippen LogP contribution in [0.25, 0.3) is 0 Å². The summed E-state index contributed by atoms with van der Waals surface area (Å²) in [6, 6.07) is 1.61. The molecule has 0 radical (unpaired) electrons.